The number of nitrogens with zero attached hydrogens (tertiary/aromatic N) is 2. The van der Waals surface area contributed by atoms with Crippen LogP contribution in [-0.2, 0) is 4.79 Å². The van der Waals surface area contributed by atoms with Crippen LogP contribution in [0.4, 0.5) is 5.69 Å². The first-order valence-electron chi connectivity index (χ1n) is 10.2. The zero-order valence-corrected chi connectivity index (χ0v) is 17.6. The molecule has 1 aliphatic rings. The second-order valence-corrected chi connectivity index (χ2v) is 7.84. The number of hydrogen-bond acceptors (Lipinski definition) is 5. The monoisotopic (exact) mass is 424 g/mol. The van der Waals surface area contributed by atoms with Crippen LogP contribution in [0.15, 0.2) is 88.7 Å². The maximum Gasteiger partial charge on any atom is 0.294 e. The lowest BCUT2D eigenvalue weighted by Crippen LogP contribution is -2.31. The van der Waals surface area contributed by atoms with Gasteiger partial charge in [0.15, 0.2) is 11.5 Å². The minimum Gasteiger partial charge on any atom is -0.503 e. The van der Waals surface area contributed by atoms with Crippen molar-refractivity contribution in [3.05, 3.63) is 107 Å². The molecule has 158 valence electrons. The van der Waals surface area contributed by atoms with E-state index in [1.807, 2.05) is 44.2 Å². The fourth-order valence-corrected chi connectivity index (χ4v) is 4.02. The highest BCUT2D eigenvalue weighted by Crippen LogP contribution is 2.42. The Kier molecular flexibility index (Phi) is 4.63. The topological polar surface area (TPSA) is 83.6 Å². The lowest BCUT2D eigenvalue weighted by molar-refractivity contribution is -0.117. The fraction of sp³-hybridized carbons (Fsp3) is 0.115. The molecule has 1 unspecified atom stereocenters. The number of carbonyl (C=O) groups excluding carboxylic acids is 2. The molecule has 0 aliphatic carbocycles. The van der Waals surface area contributed by atoms with Crippen LogP contribution in [0, 0.1) is 13.8 Å². The molecule has 32 heavy (non-hydrogen) atoms. The number of Topliss-reactive ketones (excluding diaryl/α,β-unsaturated/α-hetero) is 1. The van der Waals surface area contributed by atoms with E-state index in [1.165, 1.54) is 4.90 Å². The Balaban J connectivity index is 1.66. The van der Waals surface area contributed by atoms with Crippen LogP contribution >= 0.6 is 0 Å². The van der Waals surface area contributed by atoms with Gasteiger partial charge in [-0.1, -0.05) is 30.3 Å². The highest BCUT2D eigenvalue weighted by molar-refractivity contribution is 6.20. The zero-order chi connectivity index (χ0) is 22.4. The number of fused-ring (bicyclic) bond motifs is 1. The lowest BCUT2D eigenvalue weighted by atomic mass is 9.97. The number of rotatable bonds is 4. The van der Waals surface area contributed by atoms with Gasteiger partial charge in [-0.05, 0) is 61.4 Å². The van der Waals surface area contributed by atoms with Gasteiger partial charge in [0.05, 0.1) is 11.3 Å². The van der Waals surface area contributed by atoms with Crippen molar-refractivity contribution in [1.29, 1.82) is 0 Å². The van der Waals surface area contributed by atoms with Crippen LogP contribution in [0.5, 0.6) is 0 Å². The minimum atomic E-state index is -0.883. The zero-order valence-electron chi connectivity index (χ0n) is 17.6. The molecule has 1 atom stereocenters. The third-order valence-corrected chi connectivity index (χ3v) is 5.84. The van der Waals surface area contributed by atoms with Crippen LogP contribution in [0.2, 0.25) is 0 Å². The quantitative estimate of drug-likeness (QED) is 0.454. The summed E-state index contributed by atoms with van der Waals surface area (Å²) in [7, 11) is 0. The van der Waals surface area contributed by atoms with Crippen molar-refractivity contribution >= 4 is 28.3 Å². The molecule has 1 aliphatic heterocycles. The predicted molar refractivity (Wildman–Crippen MR) is 121 cm³/mol. The number of pyridine rings is 1. The van der Waals surface area contributed by atoms with Crippen LogP contribution < -0.4 is 4.90 Å². The Labute approximate surface area is 184 Å². The second-order valence-electron chi connectivity index (χ2n) is 7.84. The van der Waals surface area contributed by atoms with E-state index >= 15 is 0 Å². The Bertz CT molecular complexity index is 1370. The number of benzene rings is 2. The van der Waals surface area contributed by atoms with Crippen molar-refractivity contribution < 1.29 is 19.1 Å². The number of aliphatic hydroxyl groups excluding tert-OH is 1. The van der Waals surface area contributed by atoms with Crippen LogP contribution in [0.1, 0.15) is 33.4 Å². The van der Waals surface area contributed by atoms with Crippen LogP contribution in [0.25, 0.3) is 11.0 Å². The van der Waals surface area contributed by atoms with Crippen molar-refractivity contribution in [3.8, 4) is 0 Å². The standard InChI is InChI=1S/C26H20N2O4/c1-15-10-11-18(13-16(15)2)28-23(19-8-5-6-12-27-19)22(25(30)26(28)31)24(29)21-14-17-7-3-4-9-20(17)32-21/h3-14,23,30H,1-2H3. The number of aliphatic hydroxyl groups is 1. The number of amides is 1. The van der Waals surface area contributed by atoms with E-state index in [2.05, 4.69) is 4.98 Å². The Morgan fingerprint density at radius 3 is 2.50 bits per heavy atom. The molecule has 0 fully saturated rings. The summed E-state index contributed by atoms with van der Waals surface area (Å²) in [6.07, 6.45) is 1.59. The third kappa shape index (κ3) is 3.08. The molecule has 5 rings (SSSR count). The van der Waals surface area contributed by atoms with Gasteiger partial charge < -0.3 is 9.52 Å². The first-order valence-corrected chi connectivity index (χ1v) is 10.2. The van der Waals surface area contributed by atoms with E-state index in [1.54, 1.807) is 42.6 Å². The van der Waals surface area contributed by atoms with Gasteiger partial charge >= 0.3 is 0 Å². The number of aryl methyl sites for hydroxylation is 2. The number of aromatic nitrogens is 1. The predicted octanol–water partition coefficient (Wildman–Crippen LogP) is 5.23. The first-order chi connectivity index (χ1) is 15.5. The van der Waals surface area contributed by atoms with Crippen molar-refractivity contribution in [2.45, 2.75) is 19.9 Å². The summed E-state index contributed by atoms with van der Waals surface area (Å²) in [5.41, 5.74) is 3.62. The Morgan fingerprint density at radius 1 is 1.00 bits per heavy atom. The molecule has 1 amide bonds. The largest absolute Gasteiger partial charge is 0.503 e. The molecule has 6 heteroatoms. The number of furan rings is 1. The molecule has 2 aromatic heterocycles. The number of carbonyl (C=O) groups is 2. The summed E-state index contributed by atoms with van der Waals surface area (Å²) in [5.74, 6) is -1.73. The van der Waals surface area contributed by atoms with Gasteiger partial charge in [0.2, 0.25) is 5.78 Å². The molecular formula is C26H20N2O4. The SMILES string of the molecule is Cc1ccc(N2C(=O)C(O)=C(C(=O)c3cc4ccccc4o3)C2c2ccccn2)cc1C. The smallest absolute Gasteiger partial charge is 0.294 e. The summed E-state index contributed by atoms with van der Waals surface area (Å²) >= 11 is 0. The van der Waals surface area contributed by atoms with Crippen LogP contribution in [-0.4, -0.2) is 21.8 Å². The number of ketones is 1. The molecule has 3 heterocycles. The Morgan fingerprint density at radius 2 is 1.78 bits per heavy atom. The van der Waals surface area contributed by atoms with Gasteiger partial charge in [-0.15, -0.1) is 0 Å². The summed E-state index contributed by atoms with van der Waals surface area (Å²) in [4.78, 5) is 32.6. The maximum atomic E-state index is 13.5. The molecule has 0 bridgehead atoms. The van der Waals surface area contributed by atoms with E-state index in [4.69, 9.17) is 4.42 Å². The number of hydrogen-bond donors (Lipinski definition) is 1. The minimum absolute atomic E-state index is 0.0500. The van der Waals surface area contributed by atoms with Gasteiger partial charge in [0, 0.05) is 17.3 Å². The van der Waals surface area contributed by atoms with Crippen LogP contribution in [0.3, 0.4) is 0 Å². The van der Waals surface area contributed by atoms with E-state index in [0.29, 0.717) is 17.0 Å². The van der Waals surface area contributed by atoms with Gasteiger partial charge in [-0.25, -0.2) is 0 Å². The average molecular weight is 424 g/mol. The molecule has 0 spiro atoms. The summed E-state index contributed by atoms with van der Waals surface area (Å²) in [6.45, 7) is 3.93. The van der Waals surface area contributed by atoms with E-state index in [-0.39, 0.29) is 11.3 Å². The van der Waals surface area contributed by atoms with E-state index in [9.17, 15) is 14.7 Å². The molecule has 1 N–H and O–H groups in total. The molecule has 0 saturated heterocycles. The van der Waals surface area contributed by atoms with Gasteiger partial charge in [0.1, 0.15) is 11.6 Å². The average Bonchev–Trinajstić information content (AvgIpc) is 3.35. The normalized spacial score (nSPS) is 16.2. The fourth-order valence-electron chi connectivity index (χ4n) is 4.02. The molecule has 2 aromatic carbocycles. The number of anilines is 1. The van der Waals surface area contributed by atoms with E-state index in [0.717, 1.165) is 16.5 Å². The summed E-state index contributed by atoms with van der Waals surface area (Å²) in [6, 6.07) is 18.8. The van der Waals surface area contributed by atoms with Crippen molar-refractivity contribution in [2.75, 3.05) is 4.90 Å². The lowest BCUT2D eigenvalue weighted by Gasteiger charge is -2.26. The van der Waals surface area contributed by atoms with Gasteiger partial charge in [-0.3, -0.25) is 19.5 Å². The number of para-hydroxylation sites is 1. The summed E-state index contributed by atoms with van der Waals surface area (Å²) in [5, 5.41) is 11.6. The molecule has 6 nitrogen and oxygen atoms in total. The Hall–Kier alpha value is -4.19. The second kappa shape index (κ2) is 7.50. The third-order valence-electron chi connectivity index (χ3n) is 5.84. The molecule has 0 saturated carbocycles. The van der Waals surface area contributed by atoms with Crippen molar-refractivity contribution in [3.63, 3.8) is 0 Å². The van der Waals surface area contributed by atoms with Gasteiger partial charge in [-0.2, -0.15) is 0 Å². The first kappa shape index (κ1) is 19.8. The molecular weight excluding hydrogens is 404 g/mol. The van der Waals surface area contributed by atoms with Gasteiger partial charge in [0.25, 0.3) is 5.91 Å². The van der Waals surface area contributed by atoms with E-state index < -0.39 is 23.5 Å². The highest BCUT2D eigenvalue weighted by Gasteiger charge is 2.46. The maximum absolute atomic E-state index is 13.5. The highest BCUT2D eigenvalue weighted by atomic mass is 16.3. The molecule has 0 radical (unpaired) electrons. The van der Waals surface area contributed by atoms with Crippen molar-refractivity contribution in [1.82, 2.24) is 4.98 Å². The summed E-state index contributed by atoms with van der Waals surface area (Å²) < 4.78 is 5.74. The molecule has 4 aromatic rings. The van der Waals surface area contributed by atoms with Crippen molar-refractivity contribution in [2.24, 2.45) is 0 Å².